The lowest BCUT2D eigenvalue weighted by molar-refractivity contribution is -0.387. The molecule has 0 aliphatic rings. The summed E-state index contributed by atoms with van der Waals surface area (Å²) in [5.74, 6) is -1.54. The van der Waals surface area contributed by atoms with Crippen LogP contribution in [-0.2, 0) is 14.6 Å². The normalized spacial score (nSPS) is 11.9. The van der Waals surface area contributed by atoms with Crippen molar-refractivity contribution in [1.29, 1.82) is 0 Å². The molecule has 0 fully saturated rings. The number of ether oxygens (including phenoxy) is 1. The molecule has 0 aliphatic carbocycles. The molecule has 0 saturated carbocycles. The molecule has 0 unspecified atom stereocenters. The molecule has 0 aliphatic heterocycles. The van der Waals surface area contributed by atoms with Crippen LogP contribution in [0.5, 0.6) is 0 Å². The fraction of sp³-hybridized carbons (Fsp3) is 0.103. The van der Waals surface area contributed by atoms with E-state index < -0.39 is 48.1 Å². The third-order valence-electron chi connectivity index (χ3n) is 6.10. The van der Waals surface area contributed by atoms with Crippen LogP contribution in [0.4, 0.5) is 5.69 Å². The minimum atomic E-state index is -4.50. The number of Topliss-reactive ketones (excluding diaryl/α,β-unsaturated/α-hetero) is 1. The van der Waals surface area contributed by atoms with Gasteiger partial charge in [0.15, 0.2) is 6.10 Å². The second-order valence-electron chi connectivity index (χ2n) is 8.58. The van der Waals surface area contributed by atoms with Gasteiger partial charge in [-0.05, 0) is 49.2 Å². The molecule has 0 N–H and O–H groups in total. The highest BCUT2D eigenvalue weighted by molar-refractivity contribution is 7.91. The van der Waals surface area contributed by atoms with Gasteiger partial charge < -0.3 is 4.74 Å². The van der Waals surface area contributed by atoms with Crippen molar-refractivity contribution in [3.63, 3.8) is 0 Å². The van der Waals surface area contributed by atoms with Crippen LogP contribution in [0.15, 0.2) is 107 Å². The fourth-order valence-electron chi connectivity index (χ4n) is 3.94. The molecule has 0 heterocycles. The van der Waals surface area contributed by atoms with E-state index in [9.17, 15) is 28.1 Å². The summed E-state index contributed by atoms with van der Waals surface area (Å²) in [6.07, 6.45) is -1.35. The number of sulfone groups is 1. The molecule has 1 atom stereocenters. The Balaban J connectivity index is 1.77. The van der Waals surface area contributed by atoms with Gasteiger partial charge in [0, 0.05) is 17.2 Å². The highest BCUT2D eigenvalue weighted by Crippen LogP contribution is 2.32. The van der Waals surface area contributed by atoms with Crippen LogP contribution in [0, 0.1) is 24.0 Å². The largest absolute Gasteiger partial charge is 0.445 e. The Morgan fingerprint density at radius 2 is 1.39 bits per heavy atom. The van der Waals surface area contributed by atoms with Crippen LogP contribution in [-0.4, -0.2) is 25.1 Å². The first kappa shape index (κ1) is 26.4. The number of esters is 1. The molecule has 38 heavy (non-hydrogen) atoms. The summed E-state index contributed by atoms with van der Waals surface area (Å²) in [6.45, 7) is 3.77. The standard InChI is InChI=1S/C29H23NO7S/c1-19-16-17-22(18-20(19)2)27(31)28(21-10-4-3-5-11-21)37-29(32)23-12-6-8-14-25(23)38(35,36)26-15-9-7-13-24(26)30(33)34/h3-18,28H,1-2H3/t28-/m1/s1. The molecule has 0 radical (unpaired) electrons. The highest BCUT2D eigenvalue weighted by atomic mass is 32.2. The Kier molecular flexibility index (Phi) is 7.50. The van der Waals surface area contributed by atoms with E-state index in [1.54, 1.807) is 48.5 Å². The van der Waals surface area contributed by atoms with E-state index in [0.29, 0.717) is 11.1 Å². The third-order valence-corrected chi connectivity index (χ3v) is 7.96. The van der Waals surface area contributed by atoms with Crippen LogP contribution >= 0.6 is 0 Å². The first-order chi connectivity index (χ1) is 18.1. The minimum absolute atomic E-state index is 0.329. The predicted octanol–water partition coefficient (Wildman–Crippen LogP) is 5.83. The first-order valence-electron chi connectivity index (χ1n) is 11.6. The number of carbonyl (C=O) groups excluding carboxylic acids is 2. The van der Waals surface area contributed by atoms with Crippen molar-refractivity contribution in [3.8, 4) is 0 Å². The molecule has 9 heteroatoms. The van der Waals surface area contributed by atoms with E-state index in [0.717, 1.165) is 23.3 Å². The fourth-order valence-corrected chi connectivity index (χ4v) is 5.55. The molecule has 0 amide bonds. The number of hydrogen-bond acceptors (Lipinski definition) is 7. The van der Waals surface area contributed by atoms with E-state index in [1.807, 2.05) is 13.8 Å². The van der Waals surface area contributed by atoms with Gasteiger partial charge in [0.05, 0.1) is 15.4 Å². The maximum Gasteiger partial charge on any atom is 0.340 e. The number of hydrogen-bond donors (Lipinski definition) is 0. The topological polar surface area (TPSA) is 121 Å². The summed E-state index contributed by atoms with van der Waals surface area (Å²) >= 11 is 0. The van der Waals surface area contributed by atoms with Gasteiger partial charge in [-0.25, -0.2) is 13.2 Å². The summed E-state index contributed by atoms with van der Waals surface area (Å²) in [4.78, 5) is 36.6. The van der Waals surface area contributed by atoms with Crippen LogP contribution in [0.3, 0.4) is 0 Å². The van der Waals surface area contributed by atoms with E-state index >= 15 is 0 Å². The second kappa shape index (κ2) is 10.8. The molecule has 0 spiro atoms. The zero-order chi connectivity index (χ0) is 27.4. The minimum Gasteiger partial charge on any atom is -0.445 e. The van der Waals surface area contributed by atoms with Crippen molar-refractivity contribution in [2.45, 2.75) is 29.7 Å². The smallest absolute Gasteiger partial charge is 0.340 e. The van der Waals surface area contributed by atoms with Crippen molar-refractivity contribution in [2.75, 3.05) is 0 Å². The summed E-state index contributed by atoms with van der Waals surface area (Å²) in [5.41, 5.74) is 1.64. The van der Waals surface area contributed by atoms with Gasteiger partial charge in [-0.15, -0.1) is 0 Å². The summed E-state index contributed by atoms with van der Waals surface area (Å²) < 4.78 is 32.6. The molecular formula is C29H23NO7S. The maximum atomic E-state index is 13.5. The molecule has 0 saturated heterocycles. The number of nitro benzene ring substituents is 1. The quantitative estimate of drug-likeness (QED) is 0.122. The molecule has 0 aromatic heterocycles. The number of ketones is 1. The molecule has 4 aromatic rings. The number of rotatable bonds is 8. The number of para-hydroxylation sites is 1. The number of aryl methyl sites for hydroxylation is 2. The Hall–Kier alpha value is -4.63. The number of carbonyl (C=O) groups is 2. The Morgan fingerprint density at radius 3 is 2.05 bits per heavy atom. The van der Waals surface area contributed by atoms with Crippen LogP contribution < -0.4 is 0 Å². The van der Waals surface area contributed by atoms with Crippen molar-refractivity contribution in [3.05, 3.63) is 135 Å². The average Bonchev–Trinajstić information content (AvgIpc) is 2.93. The maximum absolute atomic E-state index is 13.5. The molecule has 8 nitrogen and oxygen atoms in total. The lowest BCUT2D eigenvalue weighted by Crippen LogP contribution is -2.22. The zero-order valence-corrected chi connectivity index (χ0v) is 21.3. The third kappa shape index (κ3) is 5.23. The molecular weight excluding hydrogens is 506 g/mol. The van der Waals surface area contributed by atoms with Crippen molar-refractivity contribution < 1.29 is 27.7 Å². The zero-order valence-electron chi connectivity index (χ0n) is 20.5. The summed E-state index contributed by atoms with van der Waals surface area (Å²) in [5, 5.41) is 11.5. The summed E-state index contributed by atoms with van der Waals surface area (Å²) in [7, 11) is -4.50. The Bertz CT molecular complexity index is 1650. The second-order valence-corrected chi connectivity index (χ2v) is 10.5. The van der Waals surface area contributed by atoms with E-state index in [2.05, 4.69) is 0 Å². The first-order valence-corrected chi connectivity index (χ1v) is 13.0. The van der Waals surface area contributed by atoms with Crippen LogP contribution in [0.25, 0.3) is 0 Å². The molecule has 4 aromatic carbocycles. The van der Waals surface area contributed by atoms with E-state index in [1.165, 1.54) is 36.4 Å². The number of benzene rings is 4. The van der Waals surface area contributed by atoms with Gasteiger partial charge in [-0.2, -0.15) is 0 Å². The summed E-state index contributed by atoms with van der Waals surface area (Å²) in [6, 6.07) is 23.7. The molecule has 0 bridgehead atoms. The average molecular weight is 530 g/mol. The van der Waals surface area contributed by atoms with Crippen molar-refractivity contribution in [2.24, 2.45) is 0 Å². The van der Waals surface area contributed by atoms with Gasteiger partial charge in [0.1, 0.15) is 4.90 Å². The van der Waals surface area contributed by atoms with Crippen LogP contribution in [0.1, 0.15) is 43.5 Å². The van der Waals surface area contributed by atoms with E-state index in [-0.39, 0.29) is 5.56 Å². The molecule has 192 valence electrons. The van der Waals surface area contributed by atoms with Crippen molar-refractivity contribution in [1.82, 2.24) is 0 Å². The van der Waals surface area contributed by atoms with Gasteiger partial charge in [-0.3, -0.25) is 14.9 Å². The highest BCUT2D eigenvalue weighted by Gasteiger charge is 2.33. The number of nitro groups is 1. The van der Waals surface area contributed by atoms with Gasteiger partial charge in [0.2, 0.25) is 15.6 Å². The Labute approximate surface area is 219 Å². The SMILES string of the molecule is Cc1ccc(C(=O)[C@H](OC(=O)c2ccccc2S(=O)(=O)c2ccccc2[N+](=O)[O-])c2ccccc2)cc1C. The lowest BCUT2D eigenvalue weighted by atomic mass is 9.97. The van der Waals surface area contributed by atoms with Gasteiger partial charge >= 0.3 is 5.97 Å². The number of nitrogens with zero attached hydrogens (tertiary/aromatic N) is 1. The Morgan fingerprint density at radius 1 is 0.789 bits per heavy atom. The molecule has 4 rings (SSSR count). The predicted molar refractivity (Wildman–Crippen MR) is 140 cm³/mol. The monoisotopic (exact) mass is 529 g/mol. The van der Waals surface area contributed by atoms with Crippen LogP contribution in [0.2, 0.25) is 0 Å². The van der Waals surface area contributed by atoms with E-state index in [4.69, 9.17) is 4.74 Å². The van der Waals surface area contributed by atoms with Crippen molar-refractivity contribution >= 4 is 27.3 Å². The van der Waals surface area contributed by atoms with Gasteiger partial charge in [-0.1, -0.05) is 66.7 Å². The van der Waals surface area contributed by atoms with Gasteiger partial charge in [0.25, 0.3) is 5.69 Å². The lowest BCUT2D eigenvalue weighted by Gasteiger charge is -2.19.